The minimum absolute atomic E-state index is 0.0720. The maximum Gasteiger partial charge on any atom is 0.306 e. The molecule has 6 nitrogen and oxygen atoms in total. The SMILES string of the molecule is CCCCCCCCC/C=C\CCCCCCCC(=O)OCC(COC(=O)CCCCCCCCCCCCCCCCCCCCCCCCCCCCCCCC)OC(=O)CCCCCCC/C=C\CCCCCCCCC. The van der Waals surface area contributed by atoms with Crippen molar-refractivity contribution in [3.8, 4) is 0 Å². The Morgan fingerprint density at radius 1 is 0.237 bits per heavy atom. The number of hydrogen-bond donors (Lipinski definition) is 0. The number of hydrogen-bond acceptors (Lipinski definition) is 6. The largest absolute Gasteiger partial charge is 0.462 e. The first-order valence-corrected chi connectivity index (χ1v) is 36.3. The molecular formula is C74H140O6. The minimum atomic E-state index is -0.777. The van der Waals surface area contributed by atoms with Crippen LogP contribution in [0.5, 0.6) is 0 Å². The second-order valence-electron chi connectivity index (χ2n) is 24.9. The third kappa shape index (κ3) is 66.7. The molecule has 0 saturated carbocycles. The molecule has 0 amide bonds. The van der Waals surface area contributed by atoms with Crippen molar-refractivity contribution in [1.82, 2.24) is 0 Å². The fourth-order valence-electron chi connectivity index (χ4n) is 11.2. The number of unbranched alkanes of at least 4 members (excludes halogenated alkanes) is 53. The lowest BCUT2D eigenvalue weighted by atomic mass is 10.0. The molecule has 80 heavy (non-hydrogen) atoms. The van der Waals surface area contributed by atoms with E-state index in [1.807, 2.05) is 0 Å². The average Bonchev–Trinajstić information content (AvgIpc) is 3.46. The van der Waals surface area contributed by atoms with Crippen LogP contribution in [0.3, 0.4) is 0 Å². The molecule has 0 N–H and O–H groups in total. The molecular weight excluding hydrogens is 985 g/mol. The van der Waals surface area contributed by atoms with Gasteiger partial charge in [-0.3, -0.25) is 14.4 Å². The van der Waals surface area contributed by atoms with Gasteiger partial charge in [0.05, 0.1) is 0 Å². The summed E-state index contributed by atoms with van der Waals surface area (Å²) in [6, 6.07) is 0. The van der Waals surface area contributed by atoms with Crippen molar-refractivity contribution >= 4 is 17.9 Å². The van der Waals surface area contributed by atoms with Gasteiger partial charge in [0.2, 0.25) is 0 Å². The quantitative estimate of drug-likeness (QED) is 0.0261. The van der Waals surface area contributed by atoms with Crippen LogP contribution >= 0.6 is 0 Å². The zero-order valence-electron chi connectivity index (χ0n) is 54.4. The molecule has 0 rings (SSSR count). The second-order valence-corrected chi connectivity index (χ2v) is 24.9. The van der Waals surface area contributed by atoms with Crippen LogP contribution in [0.25, 0.3) is 0 Å². The Morgan fingerprint density at radius 2 is 0.412 bits per heavy atom. The van der Waals surface area contributed by atoms with E-state index in [-0.39, 0.29) is 31.1 Å². The fraction of sp³-hybridized carbons (Fsp3) is 0.905. The van der Waals surface area contributed by atoms with Gasteiger partial charge in [0.25, 0.3) is 0 Å². The van der Waals surface area contributed by atoms with E-state index in [0.717, 1.165) is 70.6 Å². The summed E-state index contributed by atoms with van der Waals surface area (Å²) in [5.41, 5.74) is 0. The van der Waals surface area contributed by atoms with Gasteiger partial charge in [-0.15, -0.1) is 0 Å². The normalized spacial score (nSPS) is 12.1. The van der Waals surface area contributed by atoms with Crippen LogP contribution in [0, 0.1) is 0 Å². The lowest BCUT2D eigenvalue weighted by molar-refractivity contribution is -0.167. The van der Waals surface area contributed by atoms with Gasteiger partial charge in [-0.25, -0.2) is 0 Å². The number of rotatable bonds is 68. The van der Waals surface area contributed by atoms with E-state index in [0.29, 0.717) is 19.3 Å². The van der Waals surface area contributed by atoms with Gasteiger partial charge < -0.3 is 14.2 Å². The number of allylic oxidation sites excluding steroid dienone is 4. The molecule has 0 saturated heterocycles. The standard InChI is InChI=1S/C74H140O6/c1-4-7-10-13-16-19-22-25-28-31-32-33-34-35-36-37-38-39-40-41-42-43-44-47-49-52-55-58-61-64-67-73(76)79-70-71(80-74(77)68-65-62-59-56-53-50-46-30-27-24-21-18-15-12-9-6-3)69-78-72(75)66-63-60-57-54-51-48-45-29-26-23-20-17-14-11-8-5-2/h29-30,45-46,71H,4-28,31-44,47-70H2,1-3H3/b45-29-,46-30-. The zero-order chi connectivity index (χ0) is 57.8. The maximum atomic E-state index is 12.9. The summed E-state index contributed by atoms with van der Waals surface area (Å²) in [5.74, 6) is -0.859. The predicted molar refractivity (Wildman–Crippen MR) is 349 cm³/mol. The first-order valence-electron chi connectivity index (χ1n) is 36.3. The Kier molecular flexibility index (Phi) is 67.6. The number of ether oxygens (including phenoxy) is 3. The summed E-state index contributed by atoms with van der Waals surface area (Å²) in [6.45, 7) is 6.70. The molecule has 0 aromatic rings. The van der Waals surface area contributed by atoms with Gasteiger partial charge in [0, 0.05) is 19.3 Å². The molecule has 0 radical (unpaired) electrons. The van der Waals surface area contributed by atoms with E-state index in [9.17, 15) is 14.4 Å². The van der Waals surface area contributed by atoms with Crippen LogP contribution in [0.1, 0.15) is 412 Å². The molecule has 472 valence electrons. The predicted octanol–water partition coefficient (Wildman–Crippen LogP) is 25.0. The summed E-state index contributed by atoms with van der Waals surface area (Å²) in [5, 5.41) is 0. The van der Waals surface area contributed by atoms with Crippen molar-refractivity contribution in [3.05, 3.63) is 24.3 Å². The number of esters is 3. The van der Waals surface area contributed by atoms with E-state index in [1.54, 1.807) is 0 Å². The smallest absolute Gasteiger partial charge is 0.306 e. The summed E-state index contributed by atoms with van der Waals surface area (Å²) in [7, 11) is 0. The van der Waals surface area contributed by atoms with Gasteiger partial charge in [-0.2, -0.15) is 0 Å². The molecule has 6 heteroatoms. The molecule has 0 aromatic carbocycles. The molecule has 0 spiro atoms. The Bertz CT molecular complexity index is 1290. The summed E-state index contributed by atoms with van der Waals surface area (Å²) in [4.78, 5) is 38.4. The number of carbonyl (C=O) groups excluding carboxylic acids is 3. The summed E-state index contributed by atoms with van der Waals surface area (Å²) >= 11 is 0. The van der Waals surface area contributed by atoms with Gasteiger partial charge in [-0.05, 0) is 70.6 Å². The van der Waals surface area contributed by atoms with Crippen molar-refractivity contribution < 1.29 is 28.6 Å². The third-order valence-electron chi connectivity index (χ3n) is 16.7. The minimum Gasteiger partial charge on any atom is -0.462 e. The van der Waals surface area contributed by atoms with Gasteiger partial charge >= 0.3 is 17.9 Å². The van der Waals surface area contributed by atoms with Crippen molar-refractivity contribution in [2.45, 2.75) is 419 Å². The monoisotopic (exact) mass is 1130 g/mol. The van der Waals surface area contributed by atoms with Crippen LogP contribution in [0.15, 0.2) is 24.3 Å². The summed E-state index contributed by atoms with van der Waals surface area (Å²) < 4.78 is 17.0. The molecule has 0 aliphatic rings. The molecule has 0 aliphatic heterocycles. The van der Waals surface area contributed by atoms with Crippen LogP contribution in [-0.4, -0.2) is 37.2 Å². The molecule has 0 fully saturated rings. The second kappa shape index (κ2) is 69.4. The molecule has 0 aromatic heterocycles. The maximum absolute atomic E-state index is 12.9. The van der Waals surface area contributed by atoms with Crippen molar-refractivity contribution in [2.24, 2.45) is 0 Å². The lowest BCUT2D eigenvalue weighted by Gasteiger charge is -2.18. The van der Waals surface area contributed by atoms with Gasteiger partial charge in [0.15, 0.2) is 6.10 Å². The zero-order valence-corrected chi connectivity index (χ0v) is 54.4. The topological polar surface area (TPSA) is 78.9 Å². The number of carbonyl (C=O) groups is 3. The first kappa shape index (κ1) is 77.9. The Balaban J connectivity index is 4.17. The van der Waals surface area contributed by atoms with Crippen LogP contribution in [0.2, 0.25) is 0 Å². The van der Waals surface area contributed by atoms with Crippen LogP contribution in [0.4, 0.5) is 0 Å². The average molecular weight is 1130 g/mol. The Morgan fingerprint density at radius 3 is 0.625 bits per heavy atom. The van der Waals surface area contributed by atoms with Crippen LogP contribution < -0.4 is 0 Å². The molecule has 0 heterocycles. The van der Waals surface area contributed by atoms with E-state index in [4.69, 9.17) is 14.2 Å². The van der Waals surface area contributed by atoms with E-state index in [2.05, 4.69) is 45.1 Å². The van der Waals surface area contributed by atoms with Crippen molar-refractivity contribution in [2.75, 3.05) is 13.2 Å². The molecule has 0 aliphatic carbocycles. The van der Waals surface area contributed by atoms with Gasteiger partial charge in [-0.1, -0.05) is 347 Å². The Labute approximate surface area is 500 Å². The molecule has 0 bridgehead atoms. The van der Waals surface area contributed by atoms with E-state index in [1.165, 1.54) is 302 Å². The van der Waals surface area contributed by atoms with Crippen molar-refractivity contribution in [1.29, 1.82) is 0 Å². The highest BCUT2D eigenvalue weighted by molar-refractivity contribution is 5.71. The van der Waals surface area contributed by atoms with E-state index >= 15 is 0 Å². The van der Waals surface area contributed by atoms with Gasteiger partial charge in [0.1, 0.15) is 13.2 Å². The molecule has 1 atom stereocenters. The Hall–Kier alpha value is -2.11. The van der Waals surface area contributed by atoms with Crippen LogP contribution in [-0.2, 0) is 28.6 Å². The highest BCUT2D eigenvalue weighted by Crippen LogP contribution is 2.19. The lowest BCUT2D eigenvalue weighted by Crippen LogP contribution is -2.30. The molecule has 1 unspecified atom stereocenters. The van der Waals surface area contributed by atoms with E-state index < -0.39 is 6.10 Å². The third-order valence-corrected chi connectivity index (χ3v) is 16.7. The van der Waals surface area contributed by atoms with Crippen molar-refractivity contribution in [3.63, 3.8) is 0 Å². The highest BCUT2D eigenvalue weighted by atomic mass is 16.6. The highest BCUT2D eigenvalue weighted by Gasteiger charge is 2.19. The fourth-order valence-corrected chi connectivity index (χ4v) is 11.2. The first-order chi connectivity index (χ1) is 39.5. The summed E-state index contributed by atoms with van der Waals surface area (Å²) in [6.07, 6.45) is 85.1.